The first-order valence-corrected chi connectivity index (χ1v) is 17.8. The van der Waals surface area contributed by atoms with Gasteiger partial charge < -0.3 is 19.9 Å². The Morgan fingerprint density at radius 2 is 1.65 bits per heavy atom. The largest absolute Gasteiger partial charge is 0.378 e. The van der Waals surface area contributed by atoms with E-state index in [4.69, 9.17) is 4.74 Å². The number of alkyl halides is 2. The number of nitrogens with zero attached hydrogens (tertiary/aromatic N) is 6. The van der Waals surface area contributed by atoms with Crippen LogP contribution in [0.5, 0.6) is 0 Å². The molecule has 3 aromatic rings. The van der Waals surface area contributed by atoms with Gasteiger partial charge in [0.1, 0.15) is 29.3 Å². The third kappa shape index (κ3) is 6.43. The number of nitrogens with one attached hydrogen (secondary N) is 1. The number of aromatic nitrogens is 3. The predicted molar refractivity (Wildman–Crippen MR) is 181 cm³/mol. The van der Waals surface area contributed by atoms with Gasteiger partial charge in [-0.25, -0.2) is 23.1 Å². The molecule has 0 saturated carbocycles. The van der Waals surface area contributed by atoms with Crippen molar-refractivity contribution < 1.29 is 17.9 Å². The van der Waals surface area contributed by atoms with E-state index >= 15 is 13.2 Å². The van der Waals surface area contributed by atoms with Crippen molar-refractivity contribution in [1.82, 2.24) is 24.3 Å². The lowest BCUT2D eigenvalue weighted by molar-refractivity contribution is -0.0907. The van der Waals surface area contributed by atoms with Crippen LogP contribution in [-0.2, 0) is 17.2 Å². The van der Waals surface area contributed by atoms with Crippen LogP contribution in [0.2, 0.25) is 0 Å². The molecule has 48 heavy (non-hydrogen) atoms. The highest BCUT2D eigenvalue weighted by Crippen LogP contribution is 2.44. The maximum atomic E-state index is 16.1. The maximum Gasteiger partial charge on any atom is 0.278 e. The monoisotopic (exact) mass is 667 g/mol. The molecule has 0 spiro atoms. The molecule has 8 bridgehead atoms. The van der Waals surface area contributed by atoms with E-state index in [1.165, 1.54) is 18.5 Å². The Hall–Kier alpha value is -3.22. The lowest BCUT2D eigenvalue weighted by Gasteiger charge is -2.43. The van der Waals surface area contributed by atoms with E-state index in [0.29, 0.717) is 80.2 Å². The number of hydrogen-bond acceptors (Lipinski definition) is 8. The van der Waals surface area contributed by atoms with E-state index in [2.05, 4.69) is 36.9 Å². The molecule has 12 heteroatoms. The van der Waals surface area contributed by atoms with Gasteiger partial charge in [0.15, 0.2) is 0 Å². The summed E-state index contributed by atoms with van der Waals surface area (Å²) in [4.78, 5) is 30.1. The highest BCUT2D eigenvalue weighted by molar-refractivity contribution is 5.89. The predicted octanol–water partition coefficient (Wildman–Crippen LogP) is 5.78. The van der Waals surface area contributed by atoms with E-state index in [0.717, 1.165) is 58.4 Å². The molecule has 8 rings (SSSR count). The molecule has 260 valence electrons. The second-order valence-electron chi connectivity index (χ2n) is 14.2. The first-order valence-electron chi connectivity index (χ1n) is 17.8. The van der Waals surface area contributed by atoms with Gasteiger partial charge in [-0.15, -0.1) is 0 Å². The third-order valence-electron chi connectivity index (χ3n) is 11.3. The second kappa shape index (κ2) is 14.0. The van der Waals surface area contributed by atoms with Crippen LogP contribution in [0.1, 0.15) is 76.0 Å². The molecule has 3 saturated heterocycles. The van der Waals surface area contributed by atoms with Crippen molar-refractivity contribution in [2.24, 2.45) is 5.92 Å². The van der Waals surface area contributed by atoms with Gasteiger partial charge in [0, 0.05) is 50.2 Å². The fourth-order valence-corrected chi connectivity index (χ4v) is 8.07. The maximum absolute atomic E-state index is 16.1. The summed E-state index contributed by atoms with van der Waals surface area (Å²) in [6.45, 7) is 10.3. The minimum Gasteiger partial charge on any atom is -0.378 e. The number of fused-ring (bicyclic) bond motifs is 9. The first-order chi connectivity index (χ1) is 23.2. The number of piperazine rings is 1. The smallest absolute Gasteiger partial charge is 0.278 e. The summed E-state index contributed by atoms with van der Waals surface area (Å²) in [6, 6.07) is 6.25. The molecule has 1 unspecified atom stereocenters. The van der Waals surface area contributed by atoms with Gasteiger partial charge >= 0.3 is 0 Å². The van der Waals surface area contributed by atoms with Crippen LogP contribution in [0.3, 0.4) is 0 Å². The van der Waals surface area contributed by atoms with Gasteiger partial charge in [-0.3, -0.25) is 14.3 Å². The summed E-state index contributed by atoms with van der Waals surface area (Å²) in [5, 5.41) is 3.96. The number of pyridine rings is 1. The number of benzene rings is 1. The van der Waals surface area contributed by atoms with E-state index in [1.54, 1.807) is 17.6 Å². The summed E-state index contributed by atoms with van der Waals surface area (Å²) in [7, 11) is 0. The van der Waals surface area contributed by atoms with Crippen molar-refractivity contribution in [3.63, 3.8) is 0 Å². The van der Waals surface area contributed by atoms with E-state index < -0.39 is 29.3 Å². The quantitative estimate of drug-likeness (QED) is 0.369. The molecule has 7 heterocycles. The van der Waals surface area contributed by atoms with Crippen LogP contribution in [-0.4, -0.2) is 88.9 Å². The zero-order valence-electron chi connectivity index (χ0n) is 28.1. The lowest BCUT2D eigenvalue weighted by atomic mass is 9.84. The zero-order chi connectivity index (χ0) is 33.4. The van der Waals surface area contributed by atoms with Crippen LogP contribution < -0.4 is 15.8 Å². The molecule has 2 aromatic heterocycles. The van der Waals surface area contributed by atoms with E-state index in [-0.39, 0.29) is 11.1 Å². The van der Waals surface area contributed by atoms with E-state index in [1.807, 2.05) is 6.07 Å². The van der Waals surface area contributed by atoms with Crippen LogP contribution in [0.25, 0.3) is 11.0 Å². The Kier molecular flexibility index (Phi) is 9.68. The van der Waals surface area contributed by atoms with Crippen LogP contribution in [0.4, 0.5) is 24.7 Å². The van der Waals surface area contributed by atoms with Crippen LogP contribution >= 0.6 is 0 Å². The van der Waals surface area contributed by atoms with Gasteiger partial charge in [0.25, 0.3) is 11.5 Å². The summed E-state index contributed by atoms with van der Waals surface area (Å²) in [6.07, 6.45) is 6.97. The molecule has 0 aliphatic carbocycles. The SMILES string of the molecule is CC1CCCCCCn2c(=O)c(N3CCN(C4COC4)CC3)cc3c(ncnc32)N[C@H](C)c2cccc(c2F)C(F)(F)C2CCN1CC2. The van der Waals surface area contributed by atoms with Crippen LogP contribution in [0, 0.1) is 11.7 Å². The van der Waals surface area contributed by atoms with Crippen molar-refractivity contribution in [2.75, 3.05) is 62.7 Å². The number of anilines is 2. The number of rotatable bonds is 2. The number of aryl methyl sites for hydroxylation is 1. The molecule has 5 aliphatic heterocycles. The normalized spacial score (nSPS) is 27.7. The second-order valence-corrected chi connectivity index (χ2v) is 14.2. The van der Waals surface area contributed by atoms with Gasteiger partial charge in [0.2, 0.25) is 0 Å². The molecular weight excluding hydrogens is 619 g/mol. The molecule has 0 amide bonds. The topological polar surface area (TPSA) is 78.8 Å². The number of ether oxygens (including phenoxy) is 1. The average Bonchev–Trinajstić information content (AvgIpc) is 3.06. The minimum absolute atomic E-state index is 0.0720. The standard InChI is InChI=1S/C36H48F3N7O2/c1-24-8-5-3-4-6-13-46-34-29(20-31(35(46)47)45-18-16-44(17-19-45)27-21-48-22-27)33(40-23-41-34)42-25(2)28-9-7-10-30(32(28)37)36(38,39)26-11-14-43(24)15-12-26/h7,9-10,20,23-27H,3-6,8,11-19,21-22H2,1-2H3,(H,40,41,42)/t24?,25-/m1/s1. The molecule has 3 fully saturated rings. The molecule has 1 N–H and O–H groups in total. The summed E-state index contributed by atoms with van der Waals surface area (Å²) in [5.41, 5.74) is 0.658. The third-order valence-corrected chi connectivity index (χ3v) is 11.3. The number of hydrogen-bond donors (Lipinski definition) is 1. The fraction of sp³-hybridized carbons (Fsp3) is 0.639. The molecule has 1 aromatic carbocycles. The zero-order valence-corrected chi connectivity index (χ0v) is 28.1. The highest BCUT2D eigenvalue weighted by Gasteiger charge is 2.45. The Morgan fingerprint density at radius 1 is 0.896 bits per heavy atom. The average molecular weight is 668 g/mol. The Labute approximate surface area is 280 Å². The van der Waals surface area contributed by atoms with Crippen molar-refractivity contribution in [1.29, 1.82) is 0 Å². The fourth-order valence-electron chi connectivity index (χ4n) is 8.07. The van der Waals surface area contributed by atoms with Crippen molar-refractivity contribution in [2.45, 2.75) is 89.4 Å². The van der Waals surface area contributed by atoms with Gasteiger partial charge in [-0.05, 0) is 58.7 Å². The summed E-state index contributed by atoms with van der Waals surface area (Å²) >= 11 is 0. The Morgan fingerprint density at radius 3 is 2.38 bits per heavy atom. The highest BCUT2D eigenvalue weighted by atomic mass is 19.3. The van der Waals surface area contributed by atoms with Crippen molar-refractivity contribution >= 4 is 22.5 Å². The van der Waals surface area contributed by atoms with Crippen molar-refractivity contribution in [3.05, 3.63) is 57.9 Å². The molecule has 2 atom stereocenters. The number of halogens is 3. The van der Waals surface area contributed by atoms with Crippen LogP contribution in [0.15, 0.2) is 35.4 Å². The van der Waals surface area contributed by atoms with Gasteiger partial charge in [-0.1, -0.05) is 37.5 Å². The summed E-state index contributed by atoms with van der Waals surface area (Å²) < 4.78 is 55.3. The molecule has 0 radical (unpaired) electrons. The Balaban J connectivity index is 1.25. The van der Waals surface area contributed by atoms with Gasteiger partial charge in [0.05, 0.1) is 36.2 Å². The van der Waals surface area contributed by atoms with Gasteiger partial charge in [-0.2, -0.15) is 0 Å². The Bertz CT molecular complexity index is 1650. The minimum atomic E-state index is -3.28. The lowest BCUT2D eigenvalue weighted by Crippen LogP contribution is -2.57. The molecule has 5 aliphatic rings. The van der Waals surface area contributed by atoms with Crippen molar-refractivity contribution in [3.8, 4) is 0 Å². The number of piperidine rings is 1. The first kappa shape index (κ1) is 33.3. The molecule has 9 nitrogen and oxygen atoms in total. The summed E-state index contributed by atoms with van der Waals surface area (Å²) in [5.74, 6) is -4.63. The molecular formula is C36H48F3N7O2. The van der Waals surface area contributed by atoms with E-state index in [9.17, 15) is 4.79 Å².